The number of benzene rings is 1. The Morgan fingerprint density at radius 2 is 1.77 bits per heavy atom. The highest BCUT2D eigenvalue weighted by atomic mass is 32.2. The van der Waals surface area contributed by atoms with E-state index in [1.165, 1.54) is 43.0 Å². The number of hydrogen-bond donors (Lipinski definition) is 2. The summed E-state index contributed by atoms with van der Waals surface area (Å²) in [4.78, 5) is 36.0. The molecule has 1 rings (SSSR count). The number of carbonyl (C=O) groups excluding carboxylic acids is 2. The summed E-state index contributed by atoms with van der Waals surface area (Å²) in [7, 11) is -3.32. The van der Waals surface area contributed by atoms with Crippen molar-refractivity contribution >= 4 is 27.6 Å². The Morgan fingerprint density at radius 3 is 2.23 bits per heavy atom. The van der Waals surface area contributed by atoms with Crippen molar-refractivity contribution in [3.05, 3.63) is 29.8 Å². The molecular formula is C17H24N2O6S. The number of hydrogen-bond acceptors (Lipinski definition) is 5. The zero-order valence-corrected chi connectivity index (χ0v) is 15.9. The first-order valence-corrected chi connectivity index (χ1v) is 9.82. The minimum Gasteiger partial charge on any atom is -0.480 e. The van der Waals surface area contributed by atoms with Crippen molar-refractivity contribution < 1.29 is 27.9 Å². The molecule has 0 aliphatic heterocycles. The molecule has 0 saturated heterocycles. The molecule has 0 radical (unpaired) electrons. The second-order valence-corrected chi connectivity index (χ2v) is 8.09. The van der Waals surface area contributed by atoms with Gasteiger partial charge in [-0.05, 0) is 24.6 Å². The van der Waals surface area contributed by atoms with Crippen LogP contribution in [0.25, 0.3) is 0 Å². The van der Waals surface area contributed by atoms with Crippen LogP contribution in [0.5, 0.6) is 0 Å². The summed E-state index contributed by atoms with van der Waals surface area (Å²) in [6.45, 7) is 4.48. The zero-order chi connectivity index (χ0) is 19.9. The molecule has 2 N–H and O–H groups in total. The lowest BCUT2D eigenvalue weighted by molar-refractivity contribution is -0.149. The third-order valence-corrected chi connectivity index (χ3v) is 5.64. The monoisotopic (exact) mass is 384 g/mol. The molecule has 1 unspecified atom stereocenters. The van der Waals surface area contributed by atoms with Crippen molar-refractivity contribution in [2.24, 2.45) is 0 Å². The molecule has 0 bridgehead atoms. The summed E-state index contributed by atoms with van der Waals surface area (Å²) in [5.41, 5.74) is 0.576. The van der Waals surface area contributed by atoms with Gasteiger partial charge in [-0.1, -0.05) is 19.1 Å². The minimum atomic E-state index is -3.32. The third kappa shape index (κ3) is 6.14. The van der Waals surface area contributed by atoms with Gasteiger partial charge in [0.15, 0.2) is 9.84 Å². The van der Waals surface area contributed by atoms with Gasteiger partial charge in [0.25, 0.3) is 0 Å². The van der Waals surface area contributed by atoms with Crippen molar-refractivity contribution in [1.29, 1.82) is 0 Å². The second-order valence-electron chi connectivity index (χ2n) is 5.81. The third-order valence-electron chi connectivity index (χ3n) is 3.89. The molecule has 0 spiro atoms. The van der Waals surface area contributed by atoms with E-state index in [1.807, 2.05) is 0 Å². The van der Waals surface area contributed by atoms with E-state index < -0.39 is 27.8 Å². The van der Waals surface area contributed by atoms with Crippen molar-refractivity contribution in [1.82, 2.24) is 10.2 Å². The van der Waals surface area contributed by atoms with Gasteiger partial charge in [0, 0.05) is 20.0 Å². The normalized spacial score (nSPS) is 12.3. The van der Waals surface area contributed by atoms with Gasteiger partial charge in [-0.25, -0.2) is 13.2 Å². The quantitative estimate of drug-likeness (QED) is 0.638. The van der Waals surface area contributed by atoms with Crippen LogP contribution >= 0.6 is 0 Å². The number of amides is 2. The number of nitrogens with one attached hydrogen (secondary N) is 1. The fraction of sp³-hybridized carbons (Fsp3) is 0.471. The molecule has 0 fully saturated rings. The second kappa shape index (κ2) is 9.33. The number of carboxylic acid groups (broad SMARTS) is 1. The number of rotatable bonds is 9. The first-order chi connectivity index (χ1) is 12.1. The van der Waals surface area contributed by atoms with E-state index in [1.54, 1.807) is 6.92 Å². The van der Waals surface area contributed by atoms with Crippen molar-refractivity contribution in [3.63, 3.8) is 0 Å². The molecule has 1 aromatic rings. The average Bonchev–Trinajstić information content (AvgIpc) is 2.58. The number of nitrogens with zero attached hydrogens (tertiary/aromatic N) is 1. The van der Waals surface area contributed by atoms with Crippen LogP contribution in [0.15, 0.2) is 29.2 Å². The fourth-order valence-corrected chi connectivity index (χ4v) is 3.16. The highest BCUT2D eigenvalue weighted by molar-refractivity contribution is 7.91. The Morgan fingerprint density at radius 1 is 1.19 bits per heavy atom. The van der Waals surface area contributed by atoms with Crippen LogP contribution in [0, 0.1) is 0 Å². The molecule has 0 saturated carbocycles. The lowest BCUT2D eigenvalue weighted by Crippen LogP contribution is -2.47. The van der Waals surface area contributed by atoms with Gasteiger partial charge >= 0.3 is 5.97 Å². The summed E-state index contributed by atoms with van der Waals surface area (Å²) in [6.07, 6.45) is -0.0653. The van der Waals surface area contributed by atoms with Gasteiger partial charge in [-0.15, -0.1) is 0 Å². The summed E-state index contributed by atoms with van der Waals surface area (Å²) in [5.74, 6) is -1.85. The number of carbonyl (C=O) groups is 3. The standard InChI is InChI=1S/C17H24N2O6S/c1-4-26(24,25)15-7-5-14(6-8-15)11-16(21)19(12(2)17(22)23)10-9-18-13(3)20/h5-8,12H,4,9-11H2,1-3H3,(H,18,20)(H,22,23). The maximum absolute atomic E-state index is 12.5. The van der Waals surface area contributed by atoms with E-state index in [4.69, 9.17) is 0 Å². The van der Waals surface area contributed by atoms with E-state index in [9.17, 15) is 27.9 Å². The Kier molecular flexibility index (Phi) is 7.76. The maximum atomic E-state index is 12.5. The van der Waals surface area contributed by atoms with Gasteiger partial charge in [0.05, 0.1) is 17.1 Å². The van der Waals surface area contributed by atoms with Gasteiger partial charge in [0.2, 0.25) is 11.8 Å². The predicted molar refractivity (Wildman–Crippen MR) is 95.4 cm³/mol. The first-order valence-electron chi connectivity index (χ1n) is 8.17. The largest absolute Gasteiger partial charge is 0.480 e. The average molecular weight is 384 g/mol. The van der Waals surface area contributed by atoms with E-state index in [0.29, 0.717) is 5.56 Å². The summed E-state index contributed by atoms with van der Waals surface area (Å²) in [6, 6.07) is 4.90. The summed E-state index contributed by atoms with van der Waals surface area (Å²) >= 11 is 0. The zero-order valence-electron chi connectivity index (χ0n) is 15.1. The molecule has 9 heteroatoms. The summed E-state index contributed by atoms with van der Waals surface area (Å²) < 4.78 is 23.6. The van der Waals surface area contributed by atoms with Crippen LogP contribution in [0.2, 0.25) is 0 Å². The molecule has 26 heavy (non-hydrogen) atoms. The van der Waals surface area contributed by atoms with Crippen molar-refractivity contribution in [2.45, 2.75) is 38.1 Å². The van der Waals surface area contributed by atoms with Gasteiger partial charge in [0.1, 0.15) is 6.04 Å². The molecule has 144 valence electrons. The molecule has 0 aromatic heterocycles. The molecule has 2 amide bonds. The molecule has 8 nitrogen and oxygen atoms in total. The Labute approximate surface area is 153 Å². The molecule has 1 aromatic carbocycles. The van der Waals surface area contributed by atoms with Gasteiger partial charge < -0.3 is 15.3 Å². The Balaban J connectivity index is 2.88. The maximum Gasteiger partial charge on any atom is 0.326 e. The van der Waals surface area contributed by atoms with Crippen LogP contribution in [-0.4, -0.2) is 61.1 Å². The van der Waals surface area contributed by atoms with Gasteiger partial charge in [-0.2, -0.15) is 0 Å². The van der Waals surface area contributed by atoms with E-state index >= 15 is 0 Å². The minimum absolute atomic E-state index is 0.0155. The highest BCUT2D eigenvalue weighted by Crippen LogP contribution is 2.14. The first kappa shape index (κ1) is 21.6. The molecule has 0 aliphatic carbocycles. The van der Waals surface area contributed by atoms with Crippen molar-refractivity contribution in [2.75, 3.05) is 18.8 Å². The highest BCUT2D eigenvalue weighted by Gasteiger charge is 2.25. The molecule has 0 aliphatic rings. The Hall–Kier alpha value is -2.42. The SMILES string of the molecule is CCS(=O)(=O)c1ccc(CC(=O)N(CCNC(C)=O)C(C)C(=O)O)cc1. The van der Waals surface area contributed by atoms with Crippen molar-refractivity contribution in [3.8, 4) is 0 Å². The number of carboxylic acids is 1. The number of aliphatic carboxylic acids is 1. The summed E-state index contributed by atoms with van der Waals surface area (Å²) in [5, 5.41) is 11.7. The Bertz CT molecular complexity index is 758. The van der Waals surface area contributed by atoms with Crippen LogP contribution in [0.4, 0.5) is 0 Å². The lowest BCUT2D eigenvalue weighted by Gasteiger charge is -2.26. The van der Waals surface area contributed by atoms with E-state index in [2.05, 4.69) is 5.32 Å². The van der Waals surface area contributed by atoms with E-state index in [0.717, 1.165) is 0 Å². The topological polar surface area (TPSA) is 121 Å². The molecule has 0 heterocycles. The van der Waals surface area contributed by atoms with Gasteiger partial charge in [-0.3, -0.25) is 9.59 Å². The molecule has 1 atom stereocenters. The smallest absolute Gasteiger partial charge is 0.326 e. The van der Waals surface area contributed by atoms with Crippen LogP contribution < -0.4 is 5.32 Å². The predicted octanol–water partition coefficient (Wildman–Crippen LogP) is 0.461. The fourth-order valence-electron chi connectivity index (χ4n) is 2.28. The number of sulfone groups is 1. The van der Waals surface area contributed by atoms with Crippen LogP contribution in [0.3, 0.4) is 0 Å². The molecular weight excluding hydrogens is 360 g/mol. The van der Waals surface area contributed by atoms with Crippen LogP contribution in [-0.2, 0) is 30.6 Å². The van der Waals surface area contributed by atoms with Crippen LogP contribution in [0.1, 0.15) is 26.3 Å². The van der Waals surface area contributed by atoms with E-state index in [-0.39, 0.29) is 36.1 Å². The lowest BCUT2D eigenvalue weighted by atomic mass is 10.1.